The summed E-state index contributed by atoms with van der Waals surface area (Å²) in [6.45, 7) is 2.64. The Bertz CT molecular complexity index is 255. The van der Waals surface area contributed by atoms with E-state index in [4.69, 9.17) is 5.73 Å². The molecule has 6 heteroatoms. The van der Waals surface area contributed by atoms with Crippen LogP contribution in [0.3, 0.4) is 0 Å². The molecule has 0 aromatic rings. The number of nitrogens with two attached hydrogens (primary N) is 1. The summed E-state index contributed by atoms with van der Waals surface area (Å²) >= 11 is 0. The number of nitrogens with zero attached hydrogens (tertiary/aromatic N) is 1. The van der Waals surface area contributed by atoms with Crippen LogP contribution in [0.25, 0.3) is 0 Å². The van der Waals surface area contributed by atoms with Crippen molar-refractivity contribution < 1.29 is 18.0 Å². The van der Waals surface area contributed by atoms with E-state index < -0.39 is 18.5 Å². The van der Waals surface area contributed by atoms with E-state index in [0.717, 1.165) is 6.42 Å². The molecule has 0 aromatic carbocycles. The van der Waals surface area contributed by atoms with Gasteiger partial charge in [-0.25, -0.2) is 0 Å². The first-order valence-electron chi connectivity index (χ1n) is 5.39. The van der Waals surface area contributed by atoms with Crippen molar-refractivity contribution in [1.82, 2.24) is 4.90 Å². The molecule has 2 atom stereocenters. The molecule has 1 fully saturated rings. The smallest absolute Gasteiger partial charge is 0.338 e. The van der Waals surface area contributed by atoms with Gasteiger partial charge in [0.25, 0.3) is 0 Å². The fourth-order valence-electron chi connectivity index (χ4n) is 2.08. The standard InChI is InChI=1S/C10H17F3N2O/c1-7-2-3-15(8(4-7)6-14)9(16)5-10(11,12)13/h7-8H,2-6,14H2,1H3. The van der Waals surface area contributed by atoms with Gasteiger partial charge in [0, 0.05) is 19.1 Å². The van der Waals surface area contributed by atoms with E-state index in [2.05, 4.69) is 0 Å². The SMILES string of the molecule is CC1CCN(C(=O)CC(F)(F)F)C(CN)C1. The molecule has 3 nitrogen and oxygen atoms in total. The van der Waals surface area contributed by atoms with Crippen LogP contribution in [-0.4, -0.2) is 36.1 Å². The predicted molar refractivity (Wildman–Crippen MR) is 53.6 cm³/mol. The van der Waals surface area contributed by atoms with Crippen LogP contribution >= 0.6 is 0 Å². The predicted octanol–water partition coefficient (Wildman–Crippen LogP) is 1.52. The fourth-order valence-corrected chi connectivity index (χ4v) is 2.08. The minimum atomic E-state index is -4.43. The van der Waals surface area contributed by atoms with Gasteiger partial charge in [0.05, 0.1) is 0 Å². The molecule has 1 saturated heterocycles. The van der Waals surface area contributed by atoms with Crippen LogP contribution < -0.4 is 5.73 Å². The van der Waals surface area contributed by atoms with Crippen molar-refractivity contribution >= 4 is 5.91 Å². The van der Waals surface area contributed by atoms with Gasteiger partial charge in [0.2, 0.25) is 5.91 Å². The zero-order chi connectivity index (χ0) is 12.3. The molecule has 94 valence electrons. The fraction of sp³-hybridized carbons (Fsp3) is 0.900. The summed E-state index contributed by atoms with van der Waals surface area (Å²) < 4.78 is 36.3. The van der Waals surface area contributed by atoms with Gasteiger partial charge in [-0.15, -0.1) is 0 Å². The van der Waals surface area contributed by atoms with Gasteiger partial charge in [0.1, 0.15) is 6.42 Å². The molecule has 0 bridgehead atoms. The Morgan fingerprint density at radius 1 is 1.50 bits per heavy atom. The average Bonchev–Trinajstić information content (AvgIpc) is 2.14. The van der Waals surface area contributed by atoms with Crippen molar-refractivity contribution in [3.63, 3.8) is 0 Å². The second-order valence-electron chi connectivity index (χ2n) is 4.40. The number of piperidine rings is 1. The van der Waals surface area contributed by atoms with Gasteiger partial charge in [0.15, 0.2) is 0 Å². The number of rotatable bonds is 2. The van der Waals surface area contributed by atoms with Crippen molar-refractivity contribution in [1.29, 1.82) is 0 Å². The van der Waals surface area contributed by atoms with Crippen LogP contribution in [-0.2, 0) is 4.79 Å². The Labute approximate surface area is 92.8 Å². The molecule has 1 rings (SSSR count). The van der Waals surface area contributed by atoms with Crippen LogP contribution in [0.1, 0.15) is 26.2 Å². The maximum atomic E-state index is 12.1. The summed E-state index contributed by atoms with van der Waals surface area (Å²) in [4.78, 5) is 12.7. The monoisotopic (exact) mass is 238 g/mol. The minimum Gasteiger partial charge on any atom is -0.338 e. The Morgan fingerprint density at radius 2 is 2.12 bits per heavy atom. The number of halogens is 3. The zero-order valence-corrected chi connectivity index (χ0v) is 9.26. The molecule has 1 amide bonds. The highest BCUT2D eigenvalue weighted by atomic mass is 19.4. The number of carbonyl (C=O) groups excluding carboxylic acids is 1. The third-order valence-corrected chi connectivity index (χ3v) is 2.92. The summed E-state index contributed by atoms with van der Waals surface area (Å²) in [5.74, 6) is -0.432. The van der Waals surface area contributed by atoms with Crippen LogP contribution in [0.15, 0.2) is 0 Å². The lowest BCUT2D eigenvalue weighted by Crippen LogP contribution is -2.50. The molecule has 1 aliphatic heterocycles. The largest absolute Gasteiger partial charge is 0.397 e. The highest BCUT2D eigenvalue weighted by Crippen LogP contribution is 2.26. The Balaban J connectivity index is 2.60. The number of carbonyl (C=O) groups is 1. The van der Waals surface area contributed by atoms with Crippen molar-refractivity contribution in [3.8, 4) is 0 Å². The Kier molecular flexibility index (Phi) is 4.18. The van der Waals surface area contributed by atoms with E-state index in [-0.39, 0.29) is 12.6 Å². The number of hydrogen-bond donors (Lipinski definition) is 1. The Hall–Kier alpha value is -0.780. The van der Waals surface area contributed by atoms with Crippen LogP contribution in [0.2, 0.25) is 0 Å². The van der Waals surface area contributed by atoms with Gasteiger partial charge in [-0.05, 0) is 18.8 Å². The maximum Gasteiger partial charge on any atom is 0.397 e. The summed E-state index contributed by atoms with van der Waals surface area (Å²) in [5, 5.41) is 0. The summed E-state index contributed by atoms with van der Waals surface area (Å²) in [6.07, 6.45) is -4.36. The third kappa shape index (κ3) is 3.66. The van der Waals surface area contributed by atoms with Crippen molar-refractivity contribution in [2.24, 2.45) is 11.7 Å². The first kappa shape index (κ1) is 13.3. The van der Waals surface area contributed by atoms with Crippen molar-refractivity contribution in [2.45, 2.75) is 38.4 Å². The first-order chi connectivity index (χ1) is 7.33. The summed E-state index contributed by atoms with van der Waals surface area (Å²) in [6, 6.07) is -0.237. The molecule has 0 aliphatic carbocycles. The summed E-state index contributed by atoms with van der Waals surface area (Å²) in [5.41, 5.74) is 5.48. The van der Waals surface area contributed by atoms with Gasteiger partial charge in [-0.3, -0.25) is 4.79 Å². The highest BCUT2D eigenvalue weighted by Gasteiger charge is 2.36. The molecule has 0 aromatic heterocycles. The number of alkyl halides is 3. The lowest BCUT2D eigenvalue weighted by molar-refractivity contribution is -0.164. The maximum absolute atomic E-state index is 12.1. The quantitative estimate of drug-likeness (QED) is 0.793. The minimum absolute atomic E-state index is 0.230. The van der Waals surface area contributed by atoms with Crippen molar-refractivity contribution in [3.05, 3.63) is 0 Å². The molecule has 1 aliphatic rings. The molecule has 0 spiro atoms. The summed E-state index contributed by atoms with van der Waals surface area (Å²) in [7, 11) is 0. The van der Waals surface area contributed by atoms with Gasteiger partial charge in [-0.1, -0.05) is 6.92 Å². The molecule has 2 unspecified atom stereocenters. The number of likely N-dealkylation sites (tertiary alicyclic amines) is 1. The molecule has 2 N–H and O–H groups in total. The van der Waals surface area contributed by atoms with E-state index in [9.17, 15) is 18.0 Å². The van der Waals surface area contributed by atoms with Crippen LogP contribution in [0.4, 0.5) is 13.2 Å². The average molecular weight is 238 g/mol. The van der Waals surface area contributed by atoms with Gasteiger partial charge >= 0.3 is 6.18 Å². The lowest BCUT2D eigenvalue weighted by atomic mass is 9.92. The van der Waals surface area contributed by atoms with Gasteiger partial charge < -0.3 is 10.6 Å². The number of amides is 1. The normalized spacial score (nSPS) is 26.9. The van der Waals surface area contributed by atoms with E-state index in [0.29, 0.717) is 18.9 Å². The number of hydrogen-bond acceptors (Lipinski definition) is 2. The van der Waals surface area contributed by atoms with E-state index >= 15 is 0 Å². The third-order valence-electron chi connectivity index (χ3n) is 2.92. The lowest BCUT2D eigenvalue weighted by Gasteiger charge is -2.38. The Morgan fingerprint density at radius 3 is 2.62 bits per heavy atom. The molecule has 0 radical (unpaired) electrons. The van der Waals surface area contributed by atoms with Crippen molar-refractivity contribution in [2.75, 3.05) is 13.1 Å². The van der Waals surface area contributed by atoms with Crippen LogP contribution in [0.5, 0.6) is 0 Å². The second-order valence-corrected chi connectivity index (χ2v) is 4.40. The molecule has 0 saturated carbocycles. The van der Waals surface area contributed by atoms with E-state index in [1.807, 2.05) is 6.92 Å². The second kappa shape index (κ2) is 5.03. The molecule has 16 heavy (non-hydrogen) atoms. The molecular formula is C10H17F3N2O. The van der Waals surface area contributed by atoms with Crippen LogP contribution in [0, 0.1) is 5.92 Å². The molecular weight excluding hydrogens is 221 g/mol. The van der Waals surface area contributed by atoms with E-state index in [1.54, 1.807) is 0 Å². The highest BCUT2D eigenvalue weighted by molar-refractivity contribution is 5.77. The zero-order valence-electron chi connectivity index (χ0n) is 9.26. The topological polar surface area (TPSA) is 46.3 Å². The first-order valence-corrected chi connectivity index (χ1v) is 5.39. The van der Waals surface area contributed by atoms with E-state index in [1.165, 1.54) is 4.90 Å². The molecule has 1 heterocycles. The van der Waals surface area contributed by atoms with Gasteiger partial charge in [-0.2, -0.15) is 13.2 Å².